The molecule has 2 aromatic carbocycles. The Morgan fingerprint density at radius 2 is 1.93 bits per heavy atom. The Balaban J connectivity index is 1.47. The number of methoxy groups -OCH3 is 2. The van der Waals surface area contributed by atoms with Crippen LogP contribution in [0.25, 0.3) is 0 Å². The second kappa shape index (κ2) is 10.1. The van der Waals surface area contributed by atoms with Crippen molar-refractivity contribution in [2.24, 2.45) is 0 Å². The summed E-state index contributed by atoms with van der Waals surface area (Å²) in [5.74, 6) is 1.86. The van der Waals surface area contributed by atoms with Gasteiger partial charge in [-0.25, -0.2) is 9.67 Å². The number of halogens is 1. The molecule has 0 amide bonds. The molecular weight excluding hydrogens is 410 g/mol. The third kappa shape index (κ3) is 6.07. The summed E-state index contributed by atoms with van der Waals surface area (Å²) in [5.41, 5.74) is 2.16. The highest BCUT2D eigenvalue weighted by molar-refractivity contribution is 7.80. The van der Waals surface area contributed by atoms with Crippen LogP contribution in [0.5, 0.6) is 11.5 Å². The van der Waals surface area contributed by atoms with Crippen molar-refractivity contribution >= 4 is 34.9 Å². The molecule has 0 aliphatic rings. The summed E-state index contributed by atoms with van der Waals surface area (Å²) in [5, 5.41) is 11.7. The van der Waals surface area contributed by atoms with E-state index in [-0.39, 0.29) is 0 Å². The van der Waals surface area contributed by atoms with Crippen molar-refractivity contribution in [3.8, 4) is 11.5 Å². The van der Waals surface area contributed by atoms with E-state index in [4.69, 9.17) is 33.3 Å². The molecule has 0 spiro atoms. The molecule has 0 fully saturated rings. The fraction of sp³-hybridized carbons (Fsp3) is 0.250. The number of thiocarbonyl (C=S) groups is 1. The molecule has 7 nitrogen and oxygen atoms in total. The molecule has 2 N–H and O–H groups in total. The largest absolute Gasteiger partial charge is 0.493 e. The molecular formula is C20H22ClN5O2S. The van der Waals surface area contributed by atoms with Crippen LogP contribution in [-0.2, 0) is 13.0 Å². The van der Waals surface area contributed by atoms with E-state index in [0.717, 1.165) is 17.5 Å². The number of aromatic nitrogens is 3. The summed E-state index contributed by atoms with van der Waals surface area (Å²) in [6, 6.07) is 13.5. The standard InChI is InChI=1S/C20H22ClN5O2S/c1-27-17-7-6-14(11-18(17)28-2)8-9-22-20(29)24-19-23-13-26(25-19)12-15-4-3-5-16(21)10-15/h3-7,10-11,13H,8-9,12H2,1-2H3,(H2,22,24,25,29). The first-order valence-electron chi connectivity index (χ1n) is 8.97. The van der Waals surface area contributed by atoms with Crippen molar-refractivity contribution in [1.29, 1.82) is 0 Å². The number of nitrogens with one attached hydrogen (secondary N) is 2. The van der Waals surface area contributed by atoms with Crippen LogP contribution in [0, 0.1) is 0 Å². The lowest BCUT2D eigenvalue weighted by Crippen LogP contribution is -2.30. The number of anilines is 1. The van der Waals surface area contributed by atoms with Crippen LogP contribution in [-0.4, -0.2) is 40.6 Å². The van der Waals surface area contributed by atoms with Gasteiger partial charge in [0.05, 0.1) is 20.8 Å². The zero-order valence-electron chi connectivity index (χ0n) is 16.2. The van der Waals surface area contributed by atoms with Crippen molar-refractivity contribution < 1.29 is 9.47 Å². The van der Waals surface area contributed by atoms with Gasteiger partial charge in [-0.1, -0.05) is 29.8 Å². The topological polar surface area (TPSA) is 73.2 Å². The number of rotatable bonds is 8. The minimum absolute atomic E-state index is 0.440. The van der Waals surface area contributed by atoms with Gasteiger partial charge in [0.15, 0.2) is 16.6 Å². The number of hydrogen-bond acceptors (Lipinski definition) is 5. The Morgan fingerprint density at radius 3 is 2.69 bits per heavy atom. The first-order valence-corrected chi connectivity index (χ1v) is 9.75. The molecule has 0 aliphatic heterocycles. The molecule has 1 aromatic heterocycles. The molecule has 1 heterocycles. The average Bonchev–Trinajstić information content (AvgIpc) is 3.14. The molecule has 0 radical (unpaired) electrons. The molecule has 29 heavy (non-hydrogen) atoms. The van der Waals surface area contributed by atoms with E-state index < -0.39 is 0 Å². The monoisotopic (exact) mass is 431 g/mol. The second-order valence-corrected chi connectivity index (χ2v) is 7.06. The van der Waals surface area contributed by atoms with Crippen LogP contribution in [0.2, 0.25) is 5.02 Å². The van der Waals surface area contributed by atoms with Crippen LogP contribution >= 0.6 is 23.8 Å². The minimum Gasteiger partial charge on any atom is -0.493 e. The van der Waals surface area contributed by atoms with E-state index in [1.54, 1.807) is 25.2 Å². The summed E-state index contributed by atoms with van der Waals surface area (Å²) in [7, 11) is 3.24. The van der Waals surface area contributed by atoms with E-state index in [1.807, 2.05) is 42.5 Å². The van der Waals surface area contributed by atoms with Gasteiger partial charge in [0.2, 0.25) is 5.95 Å². The summed E-state index contributed by atoms with van der Waals surface area (Å²) >= 11 is 11.3. The van der Waals surface area contributed by atoms with E-state index in [0.29, 0.717) is 40.7 Å². The third-order valence-electron chi connectivity index (χ3n) is 4.14. The quantitative estimate of drug-likeness (QED) is 0.528. The Hall–Kier alpha value is -2.84. The fourth-order valence-corrected chi connectivity index (χ4v) is 3.16. The van der Waals surface area contributed by atoms with Gasteiger partial charge in [0.25, 0.3) is 0 Å². The van der Waals surface area contributed by atoms with Crippen molar-refractivity contribution in [3.63, 3.8) is 0 Å². The van der Waals surface area contributed by atoms with Crippen LogP contribution in [0.3, 0.4) is 0 Å². The van der Waals surface area contributed by atoms with Gasteiger partial charge in [-0.2, -0.15) is 0 Å². The van der Waals surface area contributed by atoms with Crippen LogP contribution in [0.1, 0.15) is 11.1 Å². The number of benzene rings is 2. The lowest BCUT2D eigenvalue weighted by atomic mass is 10.1. The SMILES string of the molecule is COc1ccc(CCNC(=S)Nc2ncn(Cc3cccc(Cl)c3)n2)cc1OC. The predicted molar refractivity (Wildman–Crippen MR) is 118 cm³/mol. The summed E-state index contributed by atoms with van der Waals surface area (Å²) < 4.78 is 12.3. The highest BCUT2D eigenvalue weighted by Crippen LogP contribution is 2.27. The maximum absolute atomic E-state index is 6.01. The molecule has 0 saturated carbocycles. The minimum atomic E-state index is 0.440. The maximum atomic E-state index is 6.01. The van der Waals surface area contributed by atoms with Crippen LogP contribution in [0.4, 0.5) is 5.95 Å². The van der Waals surface area contributed by atoms with Crippen LogP contribution < -0.4 is 20.1 Å². The lowest BCUT2D eigenvalue weighted by Gasteiger charge is -2.11. The zero-order chi connectivity index (χ0) is 20.6. The highest BCUT2D eigenvalue weighted by atomic mass is 35.5. The van der Waals surface area contributed by atoms with Crippen molar-refractivity contribution in [1.82, 2.24) is 20.1 Å². The van der Waals surface area contributed by atoms with Crippen molar-refractivity contribution in [2.75, 3.05) is 26.1 Å². The van der Waals surface area contributed by atoms with Gasteiger partial charge in [-0.3, -0.25) is 5.32 Å². The van der Waals surface area contributed by atoms with Gasteiger partial charge >= 0.3 is 0 Å². The summed E-state index contributed by atoms with van der Waals surface area (Å²) in [6.07, 6.45) is 2.42. The number of ether oxygens (including phenoxy) is 2. The number of hydrogen-bond donors (Lipinski definition) is 2. The van der Waals surface area contributed by atoms with Gasteiger partial charge < -0.3 is 14.8 Å². The molecule has 3 aromatic rings. The predicted octanol–water partition coefficient (Wildman–Crippen LogP) is 3.53. The summed E-state index contributed by atoms with van der Waals surface area (Å²) in [6.45, 7) is 1.24. The normalized spacial score (nSPS) is 10.4. The second-order valence-electron chi connectivity index (χ2n) is 6.22. The van der Waals surface area contributed by atoms with Crippen molar-refractivity contribution in [2.45, 2.75) is 13.0 Å². The molecule has 0 atom stereocenters. The molecule has 9 heteroatoms. The Morgan fingerprint density at radius 1 is 1.10 bits per heavy atom. The van der Waals surface area contributed by atoms with Gasteiger partial charge in [-0.05, 0) is 54.0 Å². The van der Waals surface area contributed by atoms with Gasteiger partial charge in [0, 0.05) is 11.6 Å². The average molecular weight is 432 g/mol. The van der Waals surface area contributed by atoms with E-state index in [2.05, 4.69) is 20.7 Å². The third-order valence-corrected chi connectivity index (χ3v) is 4.62. The fourth-order valence-electron chi connectivity index (χ4n) is 2.75. The van der Waals surface area contributed by atoms with Gasteiger partial charge in [0.1, 0.15) is 6.33 Å². The Bertz CT molecular complexity index is 979. The first-order chi connectivity index (χ1) is 14.1. The molecule has 0 saturated heterocycles. The Kier molecular flexibility index (Phi) is 7.26. The Labute approximate surface area is 180 Å². The zero-order valence-corrected chi connectivity index (χ0v) is 17.8. The lowest BCUT2D eigenvalue weighted by molar-refractivity contribution is 0.354. The maximum Gasteiger partial charge on any atom is 0.248 e. The smallest absolute Gasteiger partial charge is 0.248 e. The first kappa shape index (κ1) is 20.9. The van der Waals surface area contributed by atoms with Gasteiger partial charge in [-0.15, -0.1) is 5.10 Å². The molecule has 152 valence electrons. The van der Waals surface area contributed by atoms with E-state index in [1.165, 1.54) is 0 Å². The summed E-state index contributed by atoms with van der Waals surface area (Å²) in [4.78, 5) is 4.23. The number of nitrogens with zero attached hydrogens (tertiary/aromatic N) is 3. The van der Waals surface area contributed by atoms with E-state index in [9.17, 15) is 0 Å². The molecule has 0 aliphatic carbocycles. The highest BCUT2D eigenvalue weighted by Gasteiger charge is 2.06. The molecule has 3 rings (SSSR count). The van der Waals surface area contributed by atoms with Crippen LogP contribution in [0.15, 0.2) is 48.8 Å². The molecule has 0 unspecified atom stereocenters. The molecule has 0 bridgehead atoms. The van der Waals surface area contributed by atoms with Crippen molar-refractivity contribution in [3.05, 3.63) is 64.9 Å². The van der Waals surface area contributed by atoms with E-state index >= 15 is 0 Å².